The number of amides is 1. The second-order valence-electron chi connectivity index (χ2n) is 3.08. The van der Waals surface area contributed by atoms with Crippen LogP contribution in [0.5, 0.6) is 0 Å². The van der Waals surface area contributed by atoms with E-state index in [0.29, 0.717) is 6.54 Å². The van der Waals surface area contributed by atoms with Crippen molar-refractivity contribution < 1.29 is 14.7 Å². The van der Waals surface area contributed by atoms with Gasteiger partial charge in [0.15, 0.2) is 0 Å². The van der Waals surface area contributed by atoms with Crippen molar-refractivity contribution in [2.24, 2.45) is 0 Å². The molecule has 0 rings (SSSR count). The van der Waals surface area contributed by atoms with Crippen molar-refractivity contribution in [3.63, 3.8) is 0 Å². The van der Waals surface area contributed by atoms with E-state index in [2.05, 4.69) is 5.92 Å². The molecule has 1 N–H and O–H groups in total. The van der Waals surface area contributed by atoms with Crippen LogP contribution in [0.4, 0.5) is 0 Å². The van der Waals surface area contributed by atoms with Crippen molar-refractivity contribution in [2.45, 2.75) is 20.8 Å². The molecule has 0 aromatic rings. The highest BCUT2D eigenvalue weighted by atomic mass is 16.4. The Labute approximate surface area is 89.6 Å². The van der Waals surface area contributed by atoms with Gasteiger partial charge in [-0.3, -0.25) is 4.79 Å². The van der Waals surface area contributed by atoms with Gasteiger partial charge in [-0.25, -0.2) is 4.79 Å². The summed E-state index contributed by atoms with van der Waals surface area (Å²) >= 11 is 0. The van der Waals surface area contributed by atoms with Crippen molar-refractivity contribution in [3.05, 3.63) is 11.1 Å². The Hall–Kier alpha value is -1.76. The molecule has 0 spiro atoms. The molecule has 0 aliphatic carbocycles. The van der Waals surface area contributed by atoms with Gasteiger partial charge in [0.25, 0.3) is 5.91 Å². The minimum absolute atomic E-state index is 0.0514. The second kappa shape index (κ2) is 5.86. The zero-order valence-corrected chi connectivity index (χ0v) is 9.20. The van der Waals surface area contributed by atoms with Gasteiger partial charge in [0, 0.05) is 17.7 Å². The lowest BCUT2D eigenvalue weighted by Gasteiger charge is -2.18. The van der Waals surface area contributed by atoms with Crippen LogP contribution < -0.4 is 0 Å². The van der Waals surface area contributed by atoms with Crippen LogP contribution in [0.2, 0.25) is 0 Å². The maximum absolute atomic E-state index is 11.7. The highest BCUT2D eigenvalue weighted by Gasteiger charge is 2.17. The van der Waals surface area contributed by atoms with Crippen molar-refractivity contribution in [1.82, 2.24) is 4.90 Å². The van der Waals surface area contributed by atoms with Gasteiger partial charge in [0.05, 0.1) is 6.54 Å². The van der Waals surface area contributed by atoms with Gasteiger partial charge in [-0.15, -0.1) is 6.42 Å². The first kappa shape index (κ1) is 13.2. The third kappa shape index (κ3) is 3.47. The van der Waals surface area contributed by atoms with E-state index in [1.54, 1.807) is 6.92 Å². The number of carboxylic acids is 1. The average Bonchev–Trinajstić information content (AvgIpc) is 2.22. The predicted molar refractivity (Wildman–Crippen MR) is 57.1 cm³/mol. The third-order valence-corrected chi connectivity index (χ3v) is 2.16. The molecule has 0 aliphatic rings. The number of carbonyl (C=O) groups is 2. The molecular weight excluding hydrogens is 194 g/mol. The molecule has 0 aromatic carbocycles. The summed E-state index contributed by atoms with van der Waals surface area (Å²) in [5.74, 6) is 0.948. The van der Waals surface area contributed by atoms with Crippen molar-refractivity contribution in [2.75, 3.05) is 13.1 Å². The predicted octanol–water partition coefficient (Wildman–Crippen LogP) is 0.889. The topological polar surface area (TPSA) is 57.6 Å². The number of aliphatic carboxylic acids is 1. The number of hydrogen-bond donors (Lipinski definition) is 1. The van der Waals surface area contributed by atoms with Gasteiger partial charge < -0.3 is 10.0 Å². The van der Waals surface area contributed by atoms with Gasteiger partial charge in [-0.2, -0.15) is 0 Å². The van der Waals surface area contributed by atoms with Crippen LogP contribution in [0.1, 0.15) is 20.8 Å². The quantitative estimate of drug-likeness (QED) is 0.552. The number of likely N-dealkylation sites (N-methyl/N-ethyl adjacent to an activating group) is 1. The van der Waals surface area contributed by atoms with E-state index in [1.165, 1.54) is 18.7 Å². The molecule has 0 heterocycles. The lowest BCUT2D eigenvalue weighted by molar-refractivity contribution is -0.133. The van der Waals surface area contributed by atoms with E-state index >= 15 is 0 Å². The molecule has 0 aliphatic heterocycles. The molecular formula is C11H15NO3. The maximum atomic E-state index is 11.7. The minimum atomic E-state index is -1.09. The highest BCUT2D eigenvalue weighted by molar-refractivity contribution is 6.01. The van der Waals surface area contributed by atoms with Crippen LogP contribution in [0.3, 0.4) is 0 Å². The van der Waals surface area contributed by atoms with Gasteiger partial charge in [-0.05, 0) is 20.8 Å². The Balaban J connectivity index is 4.93. The first-order chi connectivity index (χ1) is 6.95. The number of rotatable bonds is 4. The van der Waals surface area contributed by atoms with Crippen LogP contribution in [-0.4, -0.2) is 35.0 Å². The summed E-state index contributed by atoms with van der Waals surface area (Å²) in [6.45, 7) is 5.34. The molecule has 82 valence electrons. The van der Waals surface area contributed by atoms with Crippen LogP contribution in [0.25, 0.3) is 0 Å². The Bertz CT molecular complexity index is 336. The molecule has 0 fully saturated rings. The van der Waals surface area contributed by atoms with Crippen LogP contribution in [0.15, 0.2) is 11.1 Å². The highest BCUT2D eigenvalue weighted by Crippen LogP contribution is 2.07. The summed E-state index contributed by atoms with van der Waals surface area (Å²) in [4.78, 5) is 23.8. The summed E-state index contributed by atoms with van der Waals surface area (Å²) in [6, 6.07) is 0. The number of hydrogen-bond acceptors (Lipinski definition) is 2. The SMILES string of the molecule is C#CCN(CC)C(=O)C(C)=C(C)C(=O)O. The molecule has 0 saturated carbocycles. The summed E-state index contributed by atoms with van der Waals surface area (Å²) < 4.78 is 0. The van der Waals surface area contributed by atoms with Crippen LogP contribution >= 0.6 is 0 Å². The molecule has 1 amide bonds. The Morgan fingerprint density at radius 2 is 1.87 bits per heavy atom. The molecule has 0 atom stereocenters. The minimum Gasteiger partial charge on any atom is -0.478 e. The second-order valence-corrected chi connectivity index (χ2v) is 3.08. The Kier molecular flexibility index (Phi) is 5.18. The monoisotopic (exact) mass is 209 g/mol. The summed E-state index contributed by atoms with van der Waals surface area (Å²) in [5, 5.41) is 8.72. The molecule has 0 bridgehead atoms. The zero-order valence-electron chi connectivity index (χ0n) is 9.20. The fourth-order valence-electron chi connectivity index (χ4n) is 0.995. The van der Waals surface area contributed by atoms with Crippen molar-refractivity contribution >= 4 is 11.9 Å². The fourth-order valence-corrected chi connectivity index (χ4v) is 0.995. The van der Waals surface area contributed by atoms with E-state index in [0.717, 1.165) is 0 Å². The number of terminal acetylenes is 1. The number of carbonyl (C=O) groups excluding carboxylic acids is 1. The van der Waals surface area contributed by atoms with Gasteiger partial charge >= 0.3 is 5.97 Å². The van der Waals surface area contributed by atoms with E-state index in [9.17, 15) is 9.59 Å². The molecule has 0 saturated heterocycles. The number of nitrogens with zero attached hydrogens (tertiary/aromatic N) is 1. The summed E-state index contributed by atoms with van der Waals surface area (Å²) in [7, 11) is 0. The van der Waals surface area contributed by atoms with E-state index in [-0.39, 0.29) is 23.6 Å². The molecule has 0 radical (unpaired) electrons. The largest absolute Gasteiger partial charge is 0.478 e. The smallest absolute Gasteiger partial charge is 0.331 e. The summed E-state index contributed by atoms with van der Waals surface area (Å²) in [6.07, 6.45) is 5.10. The maximum Gasteiger partial charge on any atom is 0.331 e. The normalized spacial score (nSPS) is 11.3. The average molecular weight is 209 g/mol. The number of carboxylic acid groups (broad SMARTS) is 1. The van der Waals surface area contributed by atoms with Gasteiger partial charge in [0.1, 0.15) is 0 Å². The lowest BCUT2D eigenvalue weighted by atomic mass is 10.1. The third-order valence-electron chi connectivity index (χ3n) is 2.16. The Morgan fingerprint density at radius 3 is 2.20 bits per heavy atom. The zero-order chi connectivity index (χ0) is 12.0. The molecule has 0 aromatic heterocycles. The van der Waals surface area contributed by atoms with Crippen LogP contribution in [-0.2, 0) is 9.59 Å². The standard InChI is InChI=1S/C11H15NO3/c1-5-7-12(6-2)10(13)8(3)9(4)11(14)15/h1H,6-7H2,2-4H3,(H,14,15). The van der Waals surface area contributed by atoms with E-state index in [4.69, 9.17) is 11.5 Å². The van der Waals surface area contributed by atoms with Crippen LogP contribution in [0, 0.1) is 12.3 Å². The van der Waals surface area contributed by atoms with Gasteiger partial charge in [0.2, 0.25) is 0 Å². The molecule has 15 heavy (non-hydrogen) atoms. The molecule has 0 unspecified atom stereocenters. The summed E-state index contributed by atoms with van der Waals surface area (Å²) in [5.41, 5.74) is 0.273. The van der Waals surface area contributed by atoms with E-state index < -0.39 is 5.97 Å². The molecule has 4 nitrogen and oxygen atoms in total. The van der Waals surface area contributed by atoms with E-state index in [1.807, 2.05) is 0 Å². The molecule has 4 heteroatoms. The van der Waals surface area contributed by atoms with Crippen molar-refractivity contribution in [3.8, 4) is 12.3 Å². The first-order valence-corrected chi connectivity index (χ1v) is 4.59. The fraction of sp³-hybridized carbons (Fsp3) is 0.455. The van der Waals surface area contributed by atoms with Gasteiger partial charge in [-0.1, -0.05) is 5.92 Å². The lowest BCUT2D eigenvalue weighted by Crippen LogP contribution is -2.32. The Morgan fingerprint density at radius 1 is 1.33 bits per heavy atom. The van der Waals surface area contributed by atoms with Crippen molar-refractivity contribution in [1.29, 1.82) is 0 Å². The first-order valence-electron chi connectivity index (χ1n) is 4.59.